The summed E-state index contributed by atoms with van der Waals surface area (Å²) in [5.74, 6) is 0.822. The number of urea groups is 1. The molecule has 3 rings (SSSR count). The van der Waals surface area contributed by atoms with Crippen LogP contribution in [-0.2, 0) is 11.3 Å². The Morgan fingerprint density at radius 2 is 1.70 bits per heavy atom. The molecule has 2 N–H and O–H groups in total. The van der Waals surface area contributed by atoms with Gasteiger partial charge in [0.25, 0.3) is 0 Å². The van der Waals surface area contributed by atoms with Crippen molar-refractivity contribution >= 4 is 17.6 Å². The second-order valence-electron chi connectivity index (χ2n) is 8.24. The maximum atomic E-state index is 13.1. The number of nitrogens with zero attached hydrogens (tertiary/aromatic N) is 1. The van der Waals surface area contributed by atoms with E-state index in [2.05, 4.69) is 10.6 Å². The summed E-state index contributed by atoms with van der Waals surface area (Å²) in [4.78, 5) is 27.5. The SMILES string of the molecule is COc1cc(NC(=O)N2CCC[C@@](C)(C(=O)NCc3ccc(F)cc3)C2)cc(OC)c1OC. The van der Waals surface area contributed by atoms with E-state index in [1.807, 2.05) is 6.92 Å². The van der Waals surface area contributed by atoms with Gasteiger partial charge in [0, 0.05) is 31.8 Å². The van der Waals surface area contributed by atoms with Gasteiger partial charge in [0.1, 0.15) is 5.82 Å². The minimum atomic E-state index is -0.731. The minimum Gasteiger partial charge on any atom is -0.493 e. The number of halogens is 1. The molecule has 0 spiro atoms. The smallest absolute Gasteiger partial charge is 0.321 e. The first kappa shape index (κ1) is 24.2. The number of likely N-dealkylation sites (tertiary alicyclic amines) is 1. The zero-order valence-corrected chi connectivity index (χ0v) is 19.4. The van der Waals surface area contributed by atoms with Crippen molar-refractivity contribution in [3.05, 3.63) is 47.8 Å². The van der Waals surface area contributed by atoms with Crippen LogP contribution in [0, 0.1) is 11.2 Å². The highest BCUT2D eigenvalue weighted by Crippen LogP contribution is 2.40. The van der Waals surface area contributed by atoms with Gasteiger partial charge in [0.15, 0.2) is 11.5 Å². The molecule has 1 atom stereocenters. The summed E-state index contributed by atoms with van der Waals surface area (Å²) >= 11 is 0. The highest BCUT2D eigenvalue weighted by atomic mass is 19.1. The average molecular weight is 460 g/mol. The fourth-order valence-corrected chi connectivity index (χ4v) is 3.95. The molecule has 0 unspecified atom stereocenters. The van der Waals surface area contributed by atoms with Gasteiger partial charge in [-0.15, -0.1) is 0 Å². The van der Waals surface area contributed by atoms with Crippen molar-refractivity contribution < 1.29 is 28.2 Å². The number of anilines is 1. The Bertz CT molecular complexity index is 973. The maximum absolute atomic E-state index is 13.1. The van der Waals surface area contributed by atoms with Crippen molar-refractivity contribution in [1.29, 1.82) is 0 Å². The van der Waals surface area contributed by atoms with Gasteiger partial charge in [-0.1, -0.05) is 12.1 Å². The standard InChI is InChI=1S/C24H30FN3O5/c1-24(22(29)26-14-16-6-8-17(25)9-7-16)10-5-11-28(15-24)23(30)27-18-12-19(31-2)21(33-4)20(13-18)32-3/h6-9,12-13H,5,10-11,14-15H2,1-4H3,(H,26,29)(H,27,30)/t24-/m1/s1. The first-order chi connectivity index (χ1) is 15.8. The Balaban J connectivity index is 1.66. The number of hydrogen-bond donors (Lipinski definition) is 2. The molecule has 178 valence electrons. The molecular formula is C24H30FN3O5. The van der Waals surface area contributed by atoms with Crippen LogP contribution in [0.25, 0.3) is 0 Å². The normalized spacial score (nSPS) is 17.8. The van der Waals surface area contributed by atoms with Crippen LogP contribution >= 0.6 is 0 Å². The molecule has 8 nitrogen and oxygen atoms in total. The molecular weight excluding hydrogens is 429 g/mol. The predicted octanol–water partition coefficient (Wildman–Crippen LogP) is 3.80. The van der Waals surface area contributed by atoms with Crippen LogP contribution < -0.4 is 24.8 Å². The third-order valence-corrected chi connectivity index (χ3v) is 5.81. The quantitative estimate of drug-likeness (QED) is 0.658. The van der Waals surface area contributed by atoms with E-state index >= 15 is 0 Å². The van der Waals surface area contributed by atoms with Crippen LogP contribution in [0.4, 0.5) is 14.9 Å². The van der Waals surface area contributed by atoms with E-state index in [1.54, 1.807) is 29.2 Å². The van der Waals surface area contributed by atoms with Gasteiger partial charge in [-0.2, -0.15) is 0 Å². The van der Waals surface area contributed by atoms with Gasteiger partial charge in [-0.25, -0.2) is 9.18 Å². The molecule has 1 saturated heterocycles. The lowest BCUT2D eigenvalue weighted by Gasteiger charge is -2.39. The Kier molecular flexibility index (Phi) is 7.63. The van der Waals surface area contributed by atoms with E-state index in [-0.39, 0.29) is 24.3 Å². The first-order valence-corrected chi connectivity index (χ1v) is 10.7. The fourth-order valence-electron chi connectivity index (χ4n) is 3.95. The second-order valence-corrected chi connectivity index (χ2v) is 8.24. The summed E-state index contributed by atoms with van der Waals surface area (Å²) in [6.45, 7) is 2.97. The Labute approximate surface area is 193 Å². The third-order valence-electron chi connectivity index (χ3n) is 5.81. The summed E-state index contributed by atoms with van der Waals surface area (Å²) in [5.41, 5.74) is 0.564. The van der Waals surface area contributed by atoms with E-state index in [4.69, 9.17) is 14.2 Å². The topological polar surface area (TPSA) is 89.1 Å². The second kappa shape index (κ2) is 10.4. The molecule has 33 heavy (non-hydrogen) atoms. The molecule has 0 aliphatic carbocycles. The number of benzene rings is 2. The molecule has 9 heteroatoms. The molecule has 1 fully saturated rings. The van der Waals surface area contributed by atoms with E-state index in [1.165, 1.54) is 33.5 Å². The number of nitrogens with one attached hydrogen (secondary N) is 2. The lowest BCUT2D eigenvalue weighted by Crippen LogP contribution is -2.52. The molecule has 0 radical (unpaired) electrons. The molecule has 1 aliphatic heterocycles. The van der Waals surface area contributed by atoms with Gasteiger partial charge in [-0.3, -0.25) is 4.79 Å². The number of rotatable bonds is 7. The number of hydrogen-bond acceptors (Lipinski definition) is 5. The summed E-state index contributed by atoms with van der Waals surface area (Å²) < 4.78 is 29.1. The summed E-state index contributed by atoms with van der Waals surface area (Å²) in [6.07, 6.45) is 1.36. The number of carbonyl (C=O) groups is 2. The van der Waals surface area contributed by atoms with Crippen molar-refractivity contribution in [3.8, 4) is 17.2 Å². The largest absolute Gasteiger partial charge is 0.493 e. The van der Waals surface area contributed by atoms with Gasteiger partial charge >= 0.3 is 6.03 Å². The van der Waals surface area contributed by atoms with Crippen LogP contribution in [0.3, 0.4) is 0 Å². The highest BCUT2D eigenvalue weighted by molar-refractivity contribution is 5.91. The molecule has 0 bridgehead atoms. The monoisotopic (exact) mass is 459 g/mol. The van der Waals surface area contributed by atoms with Crippen molar-refractivity contribution in [2.75, 3.05) is 39.7 Å². The zero-order chi connectivity index (χ0) is 24.0. The predicted molar refractivity (Wildman–Crippen MR) is 122 cm³/mol. The lowest BCUT2D eigenvalue weighted by atomic mass is 9.81. The van der Waals surface area contributed by atoms with Gasteiger partial charge in [0.2, 0.25) is 11.7 Å². The van der Waals surface area contributed by atoms with Crippen molar-refractivity contribution in [2.45, 2.75) is 26.3 Å². The van der Waals surface area contributed by atoms with Gasteiger partial charge in [-0.05, 0) is 37.5 Å². The van der Waals surface area contributed by atoms with E-state index in [9.17, 15) is 14.0 Å². The number of ether oxygens (including phenoxy) is 3. The average Bonchev–Trinajstić information content (AvgIpc) is 2.82. The first-order valence-electron chi connectivity index (χ1n) is 10.7. The summed E-state index contributed by atoms with van der Waals surface area (Å²) in [7, 11) is 4.52. The Hall–Kier alpha value is -3.49. The zero-order valence-electron chi connectivity index (χ0n) is 19.4. The maximum Gasteiger partial charge on any atom is 0.321 e. The van der Waals surface area contributed by atoms with E-state index in [0.29, 0.717) is 48.9 Å². The Morgan fingerprint density at radius 3 is 2.27 bits per heavy atom. The molecule has 2 aromatic carbocycles. The van der Waals surface area contributed by atoms with Crippen LogP contribution in [0.1, 0.15) is 25.3 Å². The fraction of sp³-hybridized carbons (Fsp3) is 0.417. The lowest BCUT2D eigenvalue weighted by molar-refractivity contribution is -0.132. The number of piperidine rings is 1. The number of amides is 3. The van der Waals surface area contributed by atoms with E-state index < -0.39 is 5.41 Å². The molecule has 0 saturated carbocycles. The molecule has 0 aromatic heterocycles. The summed E-state index contributed by atoms with van der Waals surface area (Å²) in [5, 5.41) is 5.77. The Morgan fingerprint density at radius 1 is 1.06 bits per heavy atom. The molecule has 3 amide bonds. The minimum absolute atomic E-state index is 0.142. The highest BCUT2D eigenvalue weighted by Gasteiger charge is 2.39. The molecule has 1 aliphatic rings. The number of carbonyl (C=O) groups excluding carboxylic acids is 2. The van der Waals surface area contributed by atoms with Crippen molar-refractivity contribution in [2.24, 2.45) is 5.41 Å². The number of methoxy groups -OCH3 is 3. The van der Waals surface area contributed by atoms with Gasteiger partial charge in [0.05, 0.1) is 32.4 Å². The van der Waals surface area contributed by atoms with E-state index in [0.717, 1.165) is 5.56 Å². The van der Waals surface area contributed by atoms with Crippen molar-refractivity contribution in [3.63, 3.8) is 0 Å². The summed E-state index contributed by atoms with van der Waals surface area (Å²) in [6, 6.07) is 8.97. The molecule has 2 aromatic rings. The third kappa shape index (κ3) is 5.66. The van der Waals surface area contributed by atoms with Crippen LogP contribution in [0.15, 0.2) is 36.4 Å². The van der Waals surface area contributed by atoms with Crippen LogP contribution in [-0.4, -0.2) is 51.3 Å². The molecule has 1 heterocycles. The van der Waals surface area contributed by atoms with Crippen LogP contribution in [0.2, 0.25) is 0 Å². The van der Waals surface area contributed by atoms with Gasteiger partial charge < -0.3 is 29.7 Å². The van der Waals surface area contributed by atoms with Crippen LogP contribution in [0.5, 0.6) is 17.2 Å². The van der Waals surface area contributed by atoms with Crippen molar-refractivity contribution in [1.82, 2.24) is 10.2 Å².